The molecule has 0 N–H and O–H groups in total. The summed E-state index contributed by atoms with van der Waals surface area (Å²) in [6, 6.07) is 24.9. The van der Waals surface area contributed by atoms with Crippen LogP contribution in [-0.4, -0.2) is 19.9 Å². The number of rotatable bonds is 0. The van der Waals surface area contributed by atoms with Gasteiger partial charge in [0, 0.05) is 33.9 Å². The van der Waals surface area contributed by atoms with Gasteiger partial charge in [0.2, 0.25) is 0 Å². The van der Waals surface area contributed by atoms with Crippen molar-refractivity contribution in [3.05, 3.63) is 85.2 Å². The van der Waals surface area contributed by atoms with Crippen molar-refractivity contribution < 1.29 is 0 Å². The van der Waals surface area contributed by atoms with Gasteiger partial charge in [-0.3, -0.25) is 9.97 Å². The van der Waals surface area contributed by atoms with Crippen molar-refractivity contribution in [2.24, 2.45) is 0 Å². The zero-order chi connectivity index (χ0) is 19.7. The lowest BCUT2D eigenvalue weighted by Gasteiger charge is -2.12. The average molecular weight is 382 g/mol. The fourth-order valence-corrected chi connectivity index (χ4v) is 4.61. The van der Waals surface area contributed by atoms with E-state index in [9.17, 15) is 0 Å². The van der Waals surface area contributed by atoms with E-state index in [1.165, 1.54) is 10.8 Å². The Kier molecular flexibility index (Phi) is 2.97. The molecule has 0 aliphatic heterocycles. The second-order valence-electron chi connectivity index (χ2n) is 7.51. The molecule has 0 radical (unpaired) electrons. The first-order valence-corrected chi connectivity index (χ1v) is 9.92. The van der Waals surface area contributed by atoms with Crippen molar-refractivity contribution in [3.8, 4) is 0 Å². The normalized spacial score (nSPS) is 12.0. The molecule has 7 aromatic rings. The molecule has 138 valence electrons. The fourth-order valence-electron chi connectivity index (χ4n) is 4.61. The van der Waals surface area contributed by atoms with Crippen LogP contribution >= 0.6 is 0 Å². The quantitative estimate of drug-likeness (QED) is 0.232. The monoisotopic (exact) mass is 382 g/mol. The number of benzene rings is 4. The van der Waals surface area contributed by atoms with Crippen LogP contribution in [0.3, 0.4) is 0 Å². The second-order valence-corrected chi connectivity index (χ2v) is 7.51. The number of hydrogen-bond donors (Lipinski definition) is 0. The van der Waals surface area contributed by atoms with Crippen LogP contribution in [0, 0.1) is 0 Å². The summed E-state index contributed by atoms with van der Waals surface area (Å²) in [5.74, 6) is 0. The van der Waals surface area contributed by atoms with Crippen molar-refractivity contribution >= 4 is 65.4 Å². The molecule has 0 bridgehead atoms. The molecule has 0 aliphatic carbocycles. The van der Waals surface area contributed by atoms with Gasteiger partial charge in [-0.05, 0) is 22.9 Å². The molecule has 4 aromatic carbocycles. The lowest BCUT2D eigenvalue weighted by atomic mass is 9.99. The highest BCUT2D eigenvalue weighted by Crippen LogP contribution is 2.37. The highest BCUT2D eigenvalue weighted by molar-refractivity contribution is 6.27. The van der Waals surface area contributed by atoms with E-state index in [0.717, 1.165) is 54.6 Å². The van der Waals surface area contributed by atoms with Crippen molar-refractivity contribution in [3.63, 3.8) is 0 Å². The molecule has 0 atom stereocenters. The first-order chi connectivity index (χ1) is 14.9. The van der Waals surface area contributed by atoms with E-state index in [2.05, 4.69) is 70.6 Å². The minimum atomic E-state index is 0.796. The summed E-state index contributed by atoms with van der Waals surface area (Å²) < 4.78 is 0. The molecule has 0 aliphatic rings. The summed E-state index contributed by atoms with van der Waals surface area (Å²) in [7, 11) is 0. The Morgan fingerprint density at radius 2 is 0.700 bits per heavy atom. The summed E-state index contributed by atoms with van der Waals surface area (Å²) in [6.45, 7) is 0. The van der Waals surface area contributed by atoms with Gasteiger partial charge in [-0.2, -0.15) is 0 Å². The Morgan fingerprint density at radius 3 is 1.17 bits per heavy atom. The van der Waals surface area contributed by atoms with Crippen LogP contribution in [0.2, 0.25) is 0 Å². The largest absolute Gasteiger partial charge is 0.254 e. The summed E-state index contributed by atoms with van der Waals surface area (Å²) in [5.41, 5.74) is 5.12. The van der Waals surface area contributed by atoms with Gasteiger partial charge < -0.3 is 0 Å². The molecule has 0 amide bonds. The minimum Gasteiger partial charge on any atom is -0.254 e. The zero-order valence-corrected chi connectivity index (χ0v) is 15.9. The first kappa shape index (κ1) is 15.7. The van der Waals surface area contributed by atoms with Crippen LogP contribution in [0.1, 0.15) is 0 Å². The topological polar surface area (TPSA) is 51.6 Å². The third-order valence-corrected chi connectivity index (χ3v) is 5.90. The van der Waals surface area contributed by atoms with Gasteiger partial charge in [0.1, 0.15) is 11.0 Å². The molecule has 0 saturated heterocycles. The van der Waals surface area contributed by atoms with Gasteiger partial charge in [0.05, 0.1) is 22.1 Å². The van der Waals surface area contributed by atoms with Crippen LogP contribution in [0.25, 0.3) is 65.4 Å². The lowest BCUT2D eigenvalue weighted by Crippen LogP contribution is -1.95. The Balaban J connectivity index is 1.86. The van der Waals surface area contributed by atoms with Crippen molar-refractivity contribution in [1.82, 2.24) is 19.9 Å². The van der Waals surface area contributed by atoms with E-state index >= 15 is 0 Å². The molecule has 3 aromatic heterocycles. The summed E-state index contributed by atoms with van der Waals surface area (Å²) in [4.78, 5) is 19.7. The molecule has 0 spiro atoms. The molecule has 4 heteroatoms. The number of hydrogen-bond acceptors (Lipinski definition) is 4. The van der Waals surface area contributed by atoms with Crippen LogP contribution in [0.4, 0.5) is 0 Å². The summed E-state index contributed by atoms with van der Waals surface area (Å²) >= 11 is 0. The smallest absolute Gasteiger partial charge is 0.118 e. The van der Waals surface area contributed by atoms with Gasteiger partial charge in [0.25, 0.3) is 0 Å². The Bertz CT molecular complexity index is 1540. The van der Waals surface area contributed by atoms with Crippen LogP contribution < -0.4 is 0 Å². The first-order valence-electron chi connectivity index (χ1n) is 9.92. The number of pyridine rings is 2. The maximum Gasteiger partial charge on any atom is 0.118 e. The number of aromatic nitrogens is 4. The van der Waals surface area contributed by atoms with Crippen molar-refractivity contribution in [2.75, 3.05) is 0 Å². The second kappa shape index (κ2) is 5.67. The van der Waals surface area contributed by atoms with E-state index in [1.54, 1.807) is 0 Å². The highest BCUT2D eigenvalue weighted by Gasteiger charge is 2.17. The summed E-state index contributed by atoms with van der Waals surface area (Å²) in [6.07, 6.45) is 3.63. The van der Waals surface area contributed by atoms with E-state index in [4.69, 9.17) is 9.97 Å². The third kappa shape index (κ3) is 1.95. The molecule has 0 unspecified atom stereocenters. The Morgan fingerprint density at radius 1 is 0.333 bits per heavy atom. The van der Waals surface area contributed by atoms with Gasteiger partial charge >= 0.3 is 0 Å². The van der Waals surface area contributed by atoms with E-state index in [-0.39, 0.29) is 0 Å². The van der Waals surface area contributed by atoms with Crippen molar-refractivity contribution in [2.45, 2.75) is 0 Å². The number of fused-ring (bicyclic) bond motifs is 12. The minimum absolute atomic E-state index is 0.796. The van der Waals surface area contributed by atoms with Gasteiger partial charge in [-0.15, -0.1) is 0 Å². The number of nitrogens with zero attached hydrogens (tertiary/aromatic N) is 4. The predicted molar refractivity (Wildman–Crippen MR) is 123 cm³/mol. The molecule has 0 saturated carbocycles. The van der Waals surface area contributed by atoms with Gasteiger partial charge in [-0.25, -0.2) is 9.97 Å². The molecule has 30 heavy (non-hydrogen) atoms. The van der Waals surface area contributed by atoms with Gasteiger partial charge in [-0.1, -0.05) is 60.7 Å². The van der Waals surface area contributed by atoms with Crippen LogP contribution in [0.15, 0.2) is 85.2 Å². The zero-order valence-electron chi connectivity index (χ0n) is 15.9. The highest BCUT2D eigenvalue weighted by atomic mass is 14.9. The van der Waals surface area contributed by atoms with E-state index in [1.807, 2.05) is 24.5 Å². The molecule has 0 fully saturated rings. The lowest BCUT2D eigenvalue weighted by molar-refractivity contribution is 1.36. The van der Waals surface area contributed by atoms with E-state index in [0.29, 0.717) is 0 Å². The van der Waals surface area contributed by atoms with Crippen LogP contribution in [-0.2, 0) is 0 Å². The molecule has 4 nitrogen and oxygen atoms in total. The average Bonchev–Trinajstić information content (AvgIpc) is 2.83. The SMILES string of the molecule is c1ccc2c(c1)c1ccccc1c1nc3c4ncccc4c4cccnc4c3nc21. The predicted octanol–water partition coefficient (Wildman–Crippen LogP) is 6.19. The maximum atomic E-state index is 5.17. The Hall–Kier alpha value is -4.18. The summed E-state index contributed by atoms with van der Waals surface area (Å²) in [5, 5.41) is 6.67. The Labute approximate surface area is 170 Å². The van der Waals surface area contributed by atoms with Crippen LogP contribution in [0.5, 0.6) is 0 Å². The molecule has 3 heterocycles. The van der Waals surface area contributed by atoms with E-state index < -0.39 is 0 Å². The molecule has 7 rings (SSSR count). The molecular weight excluding hydrogens is 368 g/mol. The fraction of sp³-hybridized carbons (Fsp3) is 0. The standard InChI is InChI=1S/C26H14N4/c1-3-9-17-15(7-1)16-8-2-4-10-18(16)24-23(17)29-25-21-19(11-5-13-27-21)20-12-6-14-28-22(20)26(25)30-24/h1-14H. The molecular formula is C26H14N4. The maximum absolute atomic E-state index is 5.17. The third-order valence-electron chi connectivity index (χ3n) is 5.90. The van der Waals surface area contributed by atoms with Gasteiger partial charge in [0.15, 0.2) is 0 Å². The van der Waals surface area contributed by atoms with Crippen molar-refractivity contribution in [1.29, 1.82) is 0 Å².